The van der Waals surface area contributed by atoms with Crippen molar-refractivity contribution in [2.75, 3.05) is 26.4 Å². The molecule has 11 atom stereocenters. The van der Waals surface area contributed by atoms with Crippen LogP contribution in [0.1, 0.15) is 181 Å². The third-order valence-electron chi connectivity index (χ3n) is 12.1. The van der Waals surface area contributed by atoms with Crippen molar-refractivity contribution in [1.82, 2.24) is 0 Å². The minimum absolute atomic E-state index is 0.136. The smallest absolute Gasteiger partial charge is 0.306 e. The van der Waals surface area contributed by atoms with Crippen molar-refractivity contribution in [3.63, 3.8) is 0 Å². The minimum atomic E-state index is -1.77. The van der Waals surface area contributed by atoms with E-state index in [1.807, 2.05) is 6.08 Å². The van der Waals surface area contributed by atoms with E-state index >= 15 is 0 Å². The van der Waals surface area contributed by atoms with Crippen LogP contribution < -0.4 is 0 Å². The number of carbonyl (C=O) groups is 2. The summed E-state index contributed by atoms with van der Waals surface area (Å²) in [6.07, 6.45) is 23.3. The van der Waals surface area contributed by atoms with E-state index in [1.54, 1.807) is 0 Å². The minimum Gasteiger partial charge on any atom is -0.462 e. The molecule has 2 heterocycles. The van der Waals surface area contributed by atoms with Crippen molar-refractivity contribution in [2.45, 2.75) is 248 Å². The van der Waals surface area contributed by atoms with Gasteiger partial charge in [-0.3, -0.25) is 9.59 Å². The maximum absolute atomic E-state index is 13.0. The van der Waals surface area contributed by atoms with E-state index in [1.165, 1.54) is 96.3 Å². The van der Waals surface area contributed by atoms with Crippen LogP contribution in [0.15, 0.2) is 36.5 Å². The molecule has 0 amide bonds. The molecule has 0 aromatic carbocycles. The molecule has 384 valence electrons. The van der Waals surface area contributed by atoms with Crippen LogP contribution >= 0.6 is 0 Å². The highest BCUT2D eigenvalue weighted by atomic mass is 16.7. The Hall–Kier alpha value is -2.28. The van der Waals surface area contributed by atoms with Gasteiger partial charge >= 0.3 is 11.9 Å². The third-order valence-corrected chi connectivity index (χ3v) is 12.1. The Labute approximate surface area is 395 Å². The summed E-state index contributed by atoms with van der Waals surface area (Å²) >= 11 is 0. The monoisotopic (exact) mass is 943 g/mol. The van der Waals surface area contributed by atoms with Crippen LogP contribution in [-0.4, -0.2) is 142 Å². The summed E-state index contributed by atoms with van der Waals surface area (Å²) in [5, 5.41) is 72.0. The Balaban J connectivity index is 1.83. The lowest BCUT2D eigenvalue weighted by Gasteiger charge is -2.42. The number of esters is 2. The predicted molar refractivity (Wildman–Crippen MR) is 252 cm³/mol. The summed E-state index contributed by atoms with van der Waals surface area (Å²) in [5.41, 5.74) is 0. The zero-order valence-corrected chi connectivity index (χ0v) is 40.4. The van der Waals surface area contributed by atoms with E-state index in [2.05, 4.69) is 44.2 Å². The van der Waals surface area contributed by atoms with Crippen molar-refractivity contribution < 1.29 is 73.8 Å². The van der Waals surface area contributed by atoms with Crippen molar-refractivity contribution in [2.24, 2.45) is 0 Å². The van der Waals surface area contributed by atoms with Gasteiger partial charge in [0.25, 0.3) is 0 Å². The lowest BCUT2D eigenvalue weighted by atomic mass is 9.98. The second kappa shape index (κ2) is 38.6. The molecule has 15 nitrogen and oxygen atoms in total. The second-order valence-electron chi connectivity index (χ2n) is 18.0. The van der Waals surface area contributed by atoms with Gasteiger partial charge in [0, 0.05) is 12.8 Å². The van der Waals surface area contributed by atoms with Gasteiger partial charge in [0.05, 0.1) is 19.8 Å². The van der Waals surface area contributed by atoms with Gasteiger partial charge in [-0.25, -0.2) is 0 Å². The van der Waals surface area contributed by atoms with Gasteiger partial charge in [-0.05, 0) is 64.2 Å². The van der Waals surface area contributed by atoms with Crippen LogP contribution in [0.4, 0.5) is 0 Å². The standard InChI is InChI=1S/C51H90O15/c1-3-5-7-9-11-13-15-17-18-19-20-22-23-25-27-29-31-33-42(53)61-36-39(64-43(54)34-32-30-28-26-24-21-16-14-12-10-8-6-4-2)37-62-50-49(60)47(58)45(56)41(66-50)38-63-51-48(59)46(57)44(55)40(35-52)65-51/h20-22,24-25,27,39-41,44-52,55-60H,3-19,23,26,28-38H2,1-2H3/b22-20+,24-21+,27-25+/t39-,40+,41+,44-,45-,46?,47?,48?,49?,50+,51+/m0/s1. The average Bonchev–Trinajstić information content (AvgIpc) is 3.31. The van der Waals surface area contributed by atoms with Gasteiger partial charge in [-0.2, -0.15) is 0 Å². The van der Waals surface area contributed by atoms with Crippen molar-refractivity contribution in [1.29, 1.82) is 0 Å². The Kier molecular flexibility index (Phi) is 35.0. The van der Waals surface area contributed by atoms with Crippen molar-refractivity contribution >= 4 is 11.9 Å². The number of rotatable bonds is 39. The topological polar surface area (TPSA) is 231 Å². The molecule has 0 aliphatic carbocycles. The molecule has 2 saturated heterocycles. The SMILES string of the molecule is CCCCCCCC/C=C/CCCCCC(=O)O[C@@H](COC(=O)CCC/C=C/C/C=C/CCCCCCCCCCC)CO[C@@H]1O[C@H](CO[C@@H]2O[C@H](CO)[C@H](O)C(O)C2O)[C@H](O)C(O)C1O. The molecule has 0 spiro atoms. The first-order valence-electron chi connectivity index (χ1n) is 25.6. The largest absolute Gasteiger partial charge is 0.462 e. The Bertz CT molecular complexity index is 1290. The summed E-state index contributed by atoms with van der Waals surface area (Å²) in [4.78, 5) is 25.7. The number of hydrogen-bond donors (Lipinski definition) is 7. The normalized spacial score (nSPS) is 26.4. The molecule has 0 saturated carbocycles. The number of aliphatic hydroxyl groups excluding tert-OH is 7. The molecule has 2 rings (SSSR count). The first kappa shape index (κ1) is 59.8. The number of allylic oxidation sites excluding steroid dienone is 6. The van der Waals surface area contributed by atoms with E-state index in [9.17, 15) is 45.3 Å². The van der Waals surface area contributed by atoms with Gasteiger partial charge in [0.2, 0.25) is 0 Å². The maximum Gasteiger partial charge on any atom is 0.306 e. The van der Waals surface area contributed by atoms with Crippen LogP contribution in [0, 0.1) is 0 Å². The van der Waals surface area contributed by atoms with Crippen LogP contribution in [-0.2, 0) is 38.0 Å². The number of aliphatic hydroxyl groups is 7. The molecule has 0 radical (unpaired) electrons. The van der Waals surface area contributed by atoms with E-state index < -0.39 is 99.3 Å². The van der Waals surface area contributed by atoms with E-state index in [-0.39, 0.29) is 19.4 Å². The first-order valence-corrected chi connectivity index (χ1v) is 25.6. The molecule has 2 fully saturated rings. The highest BCUT2D eigenvalue weighted by Crippen LogP contribution is 2.26. The quantitative estimate of drug-likeness (QED) is 0.0188. The summed E-state index contributed by atoms with van der Waals surface area (Å²) in [5.74, 6) is -0.996. The van der Waals surface area contributed by atoms with Crippen molar-refractivity contribution in [3.8, 4) is 0 Å². The molecule has 0 aromatic heterocycles. The molecule has 4 unspecified atom stereocenters. The van der Waals surface area contributed by atoms with Crippen LogP contribution in [0.3, 0.4) is 0 Å². The van der Waals surface area contributed by atoms with Gasteiger partial charge in [-0.1, -0.05) is 140 Å². The molecule has 66 heavy (non-hydrogen) atoms. The fourth-order valence-corrected chi connectivity index (χ4v) is 7.84. The van der Waals surface area contributed by atoms with Crippen molar-refractivity contribution in [3.05, 3.63) is 36.5 Å². The Morgan fingerprint density at radius 1 is 0.485 bits per heavy atom. The zero-order valence-electron chi connectivity index (χ0n) is 40.4. The molecule has 2 aliphatic rings. The lowest BCUT2D eigenvalue weighted by Crippen LogP contribution is -2.61. The molecular weight excluding hydrogens is 853 g/mol. The lowest BCUT2D eigenvalue weighted by molar-refractivity contribution is -0.332. The summed E-state index contributed by atoms with van der Waals surface area (Å²) in [6.45, 7) is 2.52. The van der Waals surface area contributed by atoms with E-state index in [4.69, 9.17) is 28.4 Å². The van der Waals surface area contributed by atoms with Gasteiger partial charge in [0.15, 0.2) is 18.7 Å². The van der Waals surface area contributed by atoms with E-state index in [0.29, 0.717) is 19.3 Å². The van der Waals surface area contributed by atoms with E-state index in [0.717, 1.165) is 38.5 Å². The zero-order chi connectivity index (χ0) is 48.2. The molecule has 2 aliphatic heterocycles. The second-order valence-corrected chi connectivity index (χ2v) is 18.0. The summed E-state index contributed by atoms with van der Waals surface area (Å²) in [7, 11) is 0. The molecule has 0 bridgehead atoms. The van der Waals surface area contributed by atoms with Crippen LogP contribution in [0.5, 0.6) is 0 Å². The first-order chi connectivity index (χ1) is 32.0. The number of carbonyl (C=O) groups excluding carboxylic acids is 2. The average molecular weight is 943 g/mol. The maximum atomic E-state index is 13.0. The fraction of sp³-hybridized carbons (Fsp3) is 0.843. The highest BCUT2D eigenvalue weighted by molar-refractivity contribution is 5.70. The van der Waals surface area contributed by atoms with Gasteiger partial charge in [-0.15, -0.1) is 0 Å². The summed E-state index contributed by atoms with van der Waals surface area (Å²) in [6, 6.07) is 0. The number of ether oxygens (including phenoxy) is 6. The van der Waals surface area contributed by atoms with Gasteiger partial charge in [0.1, 0.15) is 55.4 Å². The molecule has 7 N–H and O–H groups in total. The Morgan fingerprint density at radius 2 is 0.924 bits per heavy atom. The number of hydrogen-bond acceptors (Lipinski definition) is 15. The highest BCUT2D eigenvalue weighted by Gasteiger charge is 2.47. The summed E-state index contributed by atoms with van der Waals surface area (Å²) < 4.78 is 33.5. The third kappa shape index (κ3) is 26.5. The van der Waals surface area contributed by atoms with Gasteiger partial charge < -0.3 is 64.2 Å². The Morgan fingerprint density at radius 3 is 1.47 bits per heavy atom. The predicted octanol–water partition coefficient (Wildman–Crippen LogP) is 6.93. The molecular formula is C51H90O15. The fourth-order valence-electron chi connectivity index (χ4n) is 7.84. The van der Waals surface area contributed by atoms with Crippen LogP contribution in [0.2, 0.25) is 0 Å². The molecule has 0 aromatic rings. The van der Waals surface area contributed by atoms with Crippen LogP contribution in [0.25, 0.3) is 0 Å². The number of unbranched alkanes of at least 4 members (excludes halogenated alkanes) is 19. The molecule has 15 heteroatoms.